The van der Waals surface area contributed by atoms with Crippen LogP contribution in [0.25, 0.3) is 0 Å². The fourth-order valence-electron chi connectivity index (χ4n) is 2.07. The van der Waals surface area contributed by atoms with Gasteiger partial charge in [-0.1, -0.05) is 18.5 Å². The third-order valence-corrected chi connectivity index (χ3v) is 3.42. The van der Waals surface area contributed by atoms with Gasteiger partial charge in [0.25, 0.3) is 0 Å². The van der Waals surface area contributed by atoms with Crippen molar-refractivity contribution in [3.05, 3.63) is 36.7 Å². The SMILES string of the molecule is CCCCn1cc[n+](C)c1N=Nc1ccc(N(C)C)cc1. The molecule has 0 bridgehead atoms. The first-order valence-electron chi connectivity index (χ1n) is 7.35. The maximum atomic E-state index is 4.40. The predicted molar refractivity (Wildman–Crippen MR) is 85.5 cm³/mol. The minimum absolute atomic E-state index is 0.865. The molecule has 0 atom stereocenters. The molecule has 0 fully saturated rings. The van der Waals surface area contributed by atoms with E-state index in [1.165, 1.54) is 6.42 Å². The van der Waals surface area contributed by atoms with Crippen molar-refractivity contribution >= 4 is 17.3 Å². The molecule has 0 saturated carbocycles. The van der Waals surface area contributed by atoms with Gasteiger partial charge in [0, 0.05) is 24.9 Å². The van der Waals surface area contributed by atoms with E-state index in [2.05, 4.69) is 32.8 Å². The van der Waals surface area contributed by atoms with Crippen LogP contribution in [0.5, 0.6) is 0 Å². The Labute approximate surface area is 126 Å². The largest absolute Gasteiger partial charge is 0.421 e. The van der Waals surface area contributed by atoms with E-state index in [1.807, 2.05) is 56.2 Å². The van der Waals surface area contributed by atoms with Gasteiger partial charge >= 0.3 is 5.95 Å². The Kier molecular flexibility index (Phi) is 5.09. The van der Waals surface area contributed by atoms with E-state index in [-0.39, 0.29) is 0 Å². The molecule has 0 spiro atoms. The van der Waals surface area contributed by atoms with Crippen LogP contribution in [0.2, 0.25) is 0 Å². The summed E-state index contributed by atoms with van der Waals surface area (Å²) in [5.41, 5.74) is 2.02. The van der Waals surface area contributed by atoms with Crippen LogP contribution in [0.3, 0.4) is 0 Å². The first-order valence-corrected chi connectivity index (χ1v) is 7.35. The maximum Gasteiger partial charge on any atom is 0.421 e. The summed E-state index contributed by atoms with van der Waals surface area (Å²) in [6, 6.07) is 8.06. The summed E-state index contributed by atoms with van der Waals surface area (Å²) in [5, 5.41) is 8.74. The second-order valence-electron chi connectivity index (χ2n) is 5.37. The average Bonchev–Trinajstić information content (AvgIpc) is 2.83. The number of imidazole rings is 1. The van der Waals surface area contributed by atoms with Crippen molar-refractivity contribution in [2.45, 2.75) is 26.3 Å². The van der Waals surface area contributed by atoms with Crippen molar-refractivity contribution in [2.75, 3.05) is 19.0 Å². The zero-order valence-corrected chi connectivity index (χ0v) is 13.3. The fraction of sp³-hybridized carbons (Fsp3) is 0.438. The van der Waals surface area contributed by atoms with Gasteiger partial charge in [0.1, 0.15) is 5.69 Å². The van der Waals surface area contributed by atoms with Crippen LogP contribution >= 0.6 is 0 Å². The van der Waals surface area contributed by atoms with E-state index in [9.17, 15) is 0 Å². The van der Waals surface area contributed by atoms with Crippen LogP contribution in [-0.2, 0) is 13.6 Å². The molecule has 1 heterocycles. The molecule has 1 aromatic carbocycles. The average molecular weight is 286 g/mol. The minimum atomic E-state index is 0.865. The van der Waals surface area contributed by atoms with Crippen LogP contribution in [0.1, 0.15) is 19.8 Å². The molecule has 0 N–H and O–H groups in total. The zero-order valence-electron chi connectivity index (χ0n) is 13.3. The molecule has 2 aromatic rings. The van der Waals surface area contributed by atoms with Gasteiger partial charge < -0.3 is 4.90 Å². The predicted octanol–water partition coefficient (Wildman–Crippen LogP) is 3.59. The van der Waals surface area contributed by atoms with E-state index in [1.54, 1.807) is 0 Å². The van der Waals surface area contributed by atoms with Gasteiger partial charge in [0.15, 0.2) is 0 Å². The molecule has 0 unspecified atom stereocenters. The van der Waals surface area contributed by atoms with E-state index >= 15 is 0 Å². The third kappa shape index (κ3) is 3.90. The monoisotopic (exact) mass is 286 g/mol. The molecular weight excluding hydrogens is 262 g/mol. The quantitative estimate of drug-likeness (QED) is 0.590. The van der Waals surface area contributed by atoms with E-state index < -0.39 is 0 Å². The summed E-state index contributed by atoms with van der Waals surface area (Å²) in [4.78, 5) is 2.07. The van der Waals surface area contributed by atoms with Gasteiger partial charge in [-0.3, -0.25) is 0 Å². The Hall–Kier alpha value is -2.17. The Balaban J connectivity index is 2.15. The number of azo groups is 1. The summed E-state index contributed by atoms with van der Waals surface area (Å²) in [5.74, 6) is 0.875. The summed E-state index contributed by atoms with van der Waals surface area (Å²) in [6.07, 6.45) is 6.39. The van der Waals surface area contributed by atoms with Crippen LogP contribution in [-0.4, -0.2) is 18.7 Å². The summed E-state index contributed by atoms with van der Waals surface area (Å²) < 4.78 is 4.13. The lowest BCUT2D eigenvalue weighted by Crippen LogP contribution is -2.25. The lowest BCUT2D eigenvalue weighted by atomic mass is 10.3. The molecule has 112 valence electrons. The van der Waals surface area contributed by atoms with Crippen LogP contribution in [0.15, 0.2) is 46.9 Å². The van der Waals surface area contributed by atoms with Gasteiger partial charge in [0.2, 0.25) is 0 Å². The molecule has 21 heavy (non-hydrogen) atoms. The number of hydrogen-bond acceptors (Lipinski definition) is 3. The highest BCUT2D eigenvalue weighted by Gasteiger charge is 2.13. The third-order valence-electron chi connectivity index (χ3n) is 3.42. The topological polar surface area (TPSA) is 36.8 Å². The first kappa shape index (κ1) is 15.2. The van der Waals surface area contributed by atoms with Gasteiger partial charge in [-0.25, -0.2) is 9.13 Å². The lowest BCUT2D eigenvalue weighted by molar-refractivity contribution is -0.657. The molecule has 0 amide bonds. The van der Waals surface area contributed by atoms with Crippen LogP contribution in [0, 0.1) is 0 Å². The molecule has 0 saturated heterocycles. The van der Waals surface area contributed by atoms with Crippen molar-refractivity contribution in [1.29, 1.82) is 0 Å². The number of anilines is 1. The number of nitrogens with zero attached hydrogens (tertiary/aromatic N) is 5. The van der Waals surface area contributed by atoms with Gasteiger partial charge in [-0.2, -0.15) is 0 Å². The standard InChI is InChI=1S/C16H24N5/c1-5-6-11-21-13-12-20(4)16(21)18-17-14-7-9-15(10-8-14)19(2)3/h7-10,12-13H,5-6,11H2,1-4H3/q+1. The molecule has 0 aliphatic heterocycles. The molecule has 0 aliphatic rings. The number of aromatic nitrogens is 2. The Bertz CT molecular complexity index is 596. The lowest BCUT2D eigenvalue weighted by Gasteiger charge is -2.11. The number of aryl methyl sites for hydroxylation is 2. The molecular formula is C16H24N5+. The van der Waals surface area contributed by atoms with Crippen molar-refractivity contribution in [3.63, 3.8) is 0 Å². The van der Waals surface area contributed by atoms with Gasteiger partial charge in [0.05, 0.1) is 26.0 Å². The van der Waals surface area contributed by atoms with E-state index in [4.69, 9.17) is 0 Å². The minimum Gasteiger partial charge on any atom is -0.378 e. The second-order valence-corrected chi connectivity index (χ2v) is 5.37. The Morgan fingerprint density at radius 2 is 1.86 bits per heavy atom. The highest BCUT2D eigenvalue weighted by atomic mass is 15.3. The molecule has 0 radical (unpaired) electrons. The number of hydrogen-bond donors (Lipinski definition) is 0. The van der Waals surface area contributed by atoms with Crippen LogP contribution in [0.4, 0.5) is 17.3 Å². The second kappa shape index (κ2) is 7.02. The molecule has 5 nitrogen and oxygen atoms in total. The molecule has 1 aromatic heterocycles. The molecule has 5 heteroatoms. The van der Waals surface area contributed by atoms with Gasteiger partial charge in [-0.15, -0.1) is 0 Å². The van der Waals surface area contributed by atoms with Crippen molar-refractivity contribution < 1.29 is 4.57 Å². The summed E-state index contributed by atoms with van der Waals surface area (Å²) >= 11 is 0. The smallest absolute Gasteiger partial charge is 0.378 e. The van der Waals surface area contributed by atoms with E-state index in [0.717, 1.165) is 30.3 Å². The summed E-state index contributed by atoms with van der Waals surface area (Å²) in [6.45, 7) is 3.17. The fourth-order valence-corrected chi connectivity index (χ4v) is 2.07. The first-order chi connectivity index (χ1) is 10.1. The highest BCUT2D eigenvalue weighted by molar-refractivity contribution is 5.51. The Morgan fingerprint density at radius 3 is 2.48 bits per heavy atom. The summed E-state index contributed by atoms with van der Waals surface area (Å²) in [7, 11) is 6.04. The van der Waals surface area contributed by atoms with Crippen molar-refractivity contribution in [2.24, 2.45) is 17.3 Å². The van der Waals surface area contributed by atoms with Gasteiger partial charge in [-0.05, 0) is 30.7 Å². The van der Waals surface area contributed by atoms with Crippen molar-refractivity contribution in [3.8, 4) is 0 Å². The highest BCUT2D eigenvalue weighted by Crippen LogP contribution is 2.20. The van der Waals surface area contributed by atoms with Crippen molar-refractivity contribution in [1.82, 2.24) is 4.57 Å². The number of unbranched alkanes of at least 4 members (excludes halogenated alkanes) is 1. The van der Waals surface area contributed by atoms with E-state index in [0.29, 0.717) is 0 Å². The molecule has 2 rings (SSSR count). The number of benzene rings is 1. The molecule has 0 aliphatic carbocycles. The Morgan fingerprint density at radius 1 is 1.14 bits per heavy atom. The zero-order chi connectivity index (χ0) is 15.2. The normalized spacial score (nSPS) is 11.2. The maximum absolute atomic E-state index is 4.40. The number of rotatable bonds is 6. The van der Waals surface area contributed by atoms with Crippen LogP contribution < -0.4 is 9.47 Å².